The summed E-state index contributed by atoms with van der Waals surface area (Å²) in [6.45, 7) is 4.34. The van der Waals surface area contributed by atoms with Crippen molar-refractivity contribution in [2.75, 3.05) is 26.9 Å². The summed E-state index contributed by atoms with van der Waals surface area (Å²) in [4.78, 5) is 0. The minimum Gasteiger partial charge on any atom is -0.387 e. The number of rotatable bonds is 8. The molecule has 1 atom stereocenters. The third kappa shape index (κ3) is 4.39. The Morgan fingerprint density at radius 3 is 2.94 bits per heavy atom. The Labute approximate surface area is 110 Å². The summed E-state index contributed by atoms with van der Waals surface area (Å²) < 4.78 is 12.8. The lowest BCUT2D eigenvalue weighted by molar-refractivity contribution is 0.0824. The van der Waals surface area contributed by atoms with Crippen molar-refractivity contribution in [2.24, 2.45) is 0 Å². The Balaban J connectivity index is 2.63. The van der Waals surface area contributed by atoms with Gasteiger partial charge in [-0.05, 0) is 22.9 Å². The molecule has 0 spiro atoms. The second kappa shape index (κ2) is 7.81. The number of nitrogens with zero attached hydrogens (tertiary/aromatic N) is 2. The number of hydrogen-bond donors (Lipinski definition) is 1. The van der Waals surface area contributed by atoms with E-state index in [2.05, 4.69) is 21.0 Å². The fourth-order valence-corrected chi connectivity index (χ4v) is 2.10. The Kier molecular flexibility index (Phi) is 6.72. The van der Waals surface area contributed by atoms with Crippen molar-refractivity contribution in [3.8, 4) is 0 Å². The number of methoxy groups -OCH3 is 1. The smallest absolute Gasteiger partial charge is 0.0990 e. The van der Waals surface area contributed by atoms with Crippen LogP contribution in [-0.4, -0.2) is 41.8 Å². The monoisotopic (exact) mass is 306 g/mol. The Hall–Kier alpha value is -0.430. The molecule has 0 amide bonds. The predicted molar refractivity (Wildman–Crippen MR) is 67.9 cm³/mol. The van der Waals surface area contributed by atoms with Gasteiger partial charge in [0.05, 0.1) is 35.6 Å². The molecule has 1 heterocycles. The lowest BCUT2D eigenvalue weighted by Gasteiger charge is -2.14. The van der Waals surface area contributed by atoms with Crippen LogP contribution in [0, 0.1) is 0 Å². The van der Waals surface area contributed by atoms with Crippen LogP contribution in [0.2, 0.25) is 0 Å². The maximum atomic E-state index is 10.1. The number of aliphatic hydroxyl groups excluding tert-OH is 1. The van der Waals surface area contributed by atoms with Gasteiger partial charge < -0.3 is 14.6 Å². The highest BCUT2D eigenvalue weighted by Crippen LogP contribution is 2.25. The third-order valence-corrected chi connectivity index (χ3v) is 3.01. The molecule has 0 saturated heterocycles. The van der Waals surface area contributed by atoms with E-state index >= 15 is 0 Å². The third-order valence-electron chi connectivity index (χ3n) is 2.40. The minimum atomic E-state index is -0.574. The zero-order chi connectivity index (χ0) is 12.7. The van der Waals surface area contributed by atoms with Crippen LogP contribution < -0.4 is 0 Å². The molecule has 0 aromatic carbocycles. The molecule has 1 aromatic heterocycles. The van der Waals surface area contributed by atoms with Crippen molar-refractivity contribution in [3.05, 3.63) is 16.4 Å². The molecular weight excluding hydrogens is 288 g/mol. The second-order valence-corrected chi connectivity index (χ2v) is 4.45. The number of ether oxygens (including phenoxy) is 2. The summed E-state index contributed by atoms with van der Waals surface area (Å²) in [7, 11) is 1.64. The molecule has 1 N–H and O–H groups in total. The molecule has 1 rings (SSSR count). The average molecular weight is 307 g/mol. The van der Waals surface area contributed by atoms with Gasteiger partial charge in [-0.3, -0.25) is 4.68 Å². The highest BCUT2D eigenvalue weighted by atomic mass is 79.9. The van der Waals surface area contributed by atoms with Gasteiger partial charge in [-0.2, -0.15) is 5.10 Å². The van der Waals surface area contributed by atoms with Crippen molar-refractivity contribution >= 4 is 15.9 Å². The van der Waals surface area contributed by atoms with Crippen LogP contribution in [0.25, 0.3) is 0 Å². The van der Waals surface area contributed by atoms with Crippen LogP contribution in [0.5, 0.6) is 0 Å². The topological polar surface area (TPSA) is 56.5 Å². The fourth-order valence-electron chi connectivity index (χ4n) is 1.54. The molecule has 0 saturated carbocycles. The van der Waals surface area contributed by atoms with E-state index < -0.39 is 6.10 Å². The summed E-state index contributed by atoms with van der Waals surface area (Å²) >= 11 is 3.39. The van der Waals surface area contributed by atoms with Crippen LogP contribution in [0.15, 0.2) is 10.7 Å². The van der Waals surface area contributed by atoms with Crippen LogP contribution in [0.1, 0.15) is 25.1 Å². The predicted octanol–water partition coefficient (Wildman–Crippen LogP) is 1.75. The van der Waals surface area contributed by atoms with Gasteiger partial charge in [0.25, 0.3) is 0 Å². The van der Waals surface area contributed by atoms with E-state index in [1.807, 2.05) is 6.92 Å². The standard InChI is InChI=1S/C11H19BrN2O3/c1-3-17-6-4-10(15)11-9(12)8-13-14(11)5-7-16-2/h8,10,15H,3-7H2,1-2H3. The van der Waals surface area contributed by atoms with E-state index in [0.29, 0.717) is 32.8 Å². The summed E-state index contributed by atoms with van der Waals surface area (Å²) in [6.07, 6.45) is 1.68. The highest BCUT2D eigenvalue weighted by Gasteiger charge is 2.17. The molecule has 1 aromatic rings. The maximum Gasteiger partial charge on any atom is 0.0990 e. The largest absolute Gasteiger partial charge is 0.387 e. The van der Waals surface area contributed by atoms with Crippen LogP contribution in [0.3, 0.4) is 0 Å². The number of halogens is 1. The molecule has 0 aliphatic heterocycles. The van der Waals surface area contributed by atoms with Crippen molar-refractivity contribution < 1.29 is 14.6 Å². The molecule has 0 bridgehead atoms. The summed E-state index contributed by atoms with van der Waals surface area (Å²) in [6, 6.07) is 0. The zero-order valence-corrected chi connectivity index (χ0v) is 11.8. The summed E-state index contributed by atoms with van der Waals surface area (Å²) in [5, 5.41) is 14.3. The van der Waals surface area contributed by atoms with Crippen LogP contribution in [-0.2, 0) is 16.0 Å². The Bertz CT molecular complexity index is 331. The van der Waals surface area contributed by atoms with Gasteiger partial charge in [0.15, 0.2) is 0 Å². The van der Waals surface area contributed by atoms with E-state index in [1.54, 1.807) is 18.0 Å². The van der Waals surface area contributed by atoms with E-state index in [1.165, 1.54) is 0 Å². The van der Waals surface area contributed by atoms with Crippen LogP contribution >= 0.6 is 15.9 Å². The van der Waals surface area contributed by atoms with Gasteiger partial charge in [-0.15, -0.1) is 0 Å². The molecule has 0 aliphatic rings. The summed E-state index contributed by atoms with van der Waals surface area (Å²) in [5.41, 5.74) is 0.779. The number of hydrogen-bond acceptors (Lipinski definition) is 4. The van der Waals surface area contributed by atoms with E-state index in [9.17, 15) is 5.11 Å². The maximum absolute atomic E-state index is 10.1. The van der Waals surface area contributed by atoms with E-state index in [4.69, 9.17) is 9.47 Å². The Morgan fingerprint density at radius 1 is 1.53 bits per heavy atom. The first-order valence-corrected chi connectivity index (χ1v) is 6.46. The average Bonchev–Trinajstić information content (AvgIpc) is 2.68. The van der Waals surface area contributed by atoms with Crippen molar-refractivity contribution in [1.82, 2.24) is 9.78 Å². The number of aromatic nitrogens is 2. The van der Waals surface area contributed by atoms with Gasteiger partial charge in [0.2, 0.25) is 0 Å². The van der Waals surface area contributed by atoms with Gasteiger partial charge in [-0.25, -0.2) is 0 Å². The summed E-state index contributed by atoms with van der Waals surface area (Å²) in [5.74, 6) is 0. The SMILES string of the molecule is CCOCCC(O)c1c(Br)cnn1CCOC. The normalized spacial score (nSPS) is 12.9. The van der Waals surface area contributed by atoms with Crippen molar-refractivity contribution in [3.63, 3.8) is 0 Å². The quantitative estimate of drug-likeness (QED) is 0.744. The van der Waals surface area contributed by atoms with Gasteiger partial charge in [0.1, 0.15) is 0 Å². The molecule has 0 fully saturated rings. The van der Waals surface area contributed by atoms with Gasteiger partial charge in [-0.1, -0.05) is 0 Å². The van der Waals surface area contributed by atoms with Gasteiger partial charge in [0, 0.05) is 26.7 Å². The second-order valence-electron chi connectivity index (χ2n) is 3.60. The van der Waals surface area contributed by atoms with Gasteiger partial charge >= 0.3 is 0 Å². The Morgan fingerprint density at radius 2 is 2.29 bits per heavy atom. The molecule has 17 heavy (non-hydrogen) atoms. The molecule has 1 unspecified atom stereocenters. The van der Waals surface area contributed by atoms with Crippen LogP contribution in [0.4, 0.5) is 0 Å². The number of aliphatic hydroxyl groups is 1. The van der Waals surface area contributed by atoms with Crippen molar-refractivity contribution in [2.45, 2.75) is 26.0 Å². The minimum absolute atomic E-state index is 0.541. The first kappa shape index (κ1) is 14.6. The molecule has 98 valence electrons. The molecular formula is C11H19BrN2O3. The van der Waals surface area contributed by atoms with E-state index in [-0.39, 0.29) is 0 Å². The zero-order valence-electron chi connectivity index (χ0n) is 10.2. The first-order valence-electron chi connectivity index (χ1n) is 5.66. The molecule has 5 nitrogen and oxygen atoms in total. The molecule has 0 aliphatic carbocycles. The van der Waals surface area contributed by atoms with E-state index in [0.717, 1.165) is 10.2 Å². The highest BCUT2D eigenvalue weighted by molar-refractivity contribution is 9.10. The lowest BCUT2D eigenvalue weighted by Crippen LogP contribution is -2.14. The first-order chi connectivity index (χ1) is 8.20. The molecule has 0 radical (unpaired) electrons. The lowest BCUT2D eigenvalue weighted by atomic mass is 10.2. The fraction of sp³-hybridized carbons (Fsp3) is 0.727. The van der Waals surface area contributed by atoms with Crippen molar-refractivity contribution in [1.29, 1.82) is 0 Å². The molecule has 6 heteroatoms.